The van der Waals surface area contributed by atoms with Gasteiger partial charge in [-0.05, 0) is 12.1 Å². The van der Waals surface area contributed by atoms with Crippen molar-refractivity contribution >= 4 is 29.1 Å². The first-order valence-corrected chi connectivity index (χ1v) is 5.99. The van der Waals surface area contributed by atoms with E-state index in [-0.39, 0.29) is 22.2 Å². The van der Waals surface area contributed by atoms with Gasteiger partial charge in [-0.3, -0.25) is 9.89 Å². The molecule has 0 bridgehead atoms. The van der Waals surface area contributed by atoms with E-state index in [2.05, 4.69) is 15.2 Å². The Kier molecular flexibility index (Phi) is 4.01. The van der Waals surface area contributed by atoms with Crippen molar-refractivity contribution in [3.05, 3.63) is 45.7 Å². The molecule has 8 heteroatoms. The summed E-state index contributed by atoms with van der Waals surface area (Å²) >= 11 is 11.5. The highest BCUT2D eigenvalue weighted by Gasteiger charge is 2.18. The molecule has 1 aromatic heterocycles. The van der Waals surface area contributed by atoms with E-state index < -0.39 is 11.7 Å². The van der Waals surface area contributed by atoms with Gasteiger partial charge in [0.2, 0.25) is 0 Å². The molecule has 5 nitrogen and oxygen atoms in total. The van der Waals surface area contributed by atoms with Gasteiger partial charge in [0.15, 0.2) is 0 Å². The van der Waals surface area contributed by atoms with Crippen molar-refractivity contribution in [3.63, 3.8) is 0 Å². The Bertz CT molecular complexity index is 603. The van der Waals surface area contributed by atoms with Crippen molar-refractivity contribution in [3.8, 4) is 0 Å². The Hall–Kier alpha value is -1.66. The van der Waals surface area contributed by atoms with Crippen molar-refractivity contribution in [1.29, 1.82) is 0 Å². The minimum absolute atomic E-state index is 0.0468. The van der Waals surface area contributed by atoms with Crippen LogP contribution in [0.5, 0.6) is 0 Å². The average Bonchev–Trinajstić information content (AvgIpc) is 2.85. The van der Waals surface area contributed by atoms with E-state index in [4.69, 9.17) is 23.2 Å². The summed E-state index contributed by atoms with van der Waals surface area (Å²) in [4.78, 5) is 17.4. The van der Waals surface area contributed by atoms with Crippen molar-refractivity contribution in [1.82, 2.24) is 20.1 Å². The molecule has 0 aliphatic heterocycles. The van der Waals surface area contributed by atoms with Gasteiger partial charge in [0.25, 0.3) is 5.91 Å². The predicted octanol–water partition coefficient (Wildman–Crippen LogP) is 2.52. The number of carbonyl (C=O) groups is 1. The van der Waals surface area contributed by atoms with Crippen molar-refractivity contribution in [2.45, 2.75) is 6.54 Å². The fourth-order valence-electron chi connectivity index (χ4n) is 1.50. The first-order valence-electron chi connectivity index (χ1n) is 5.23. The molecule has 0 radical (unpaired) electrons. The number of carbonyl (C=O) groups excluding carboxylic acids is 1. The molecule has 0 aliphatic rings. The highest BCUT2D eigenvalue weighted by atomic mass is 35.5. The van der Waals surface area contributed by atoms with Crippen LogP contribution in [-0.4, -0.2) is 33.0 Å². The Morgan fingerprint density at radius 2 is 2.16 bits per heavy atom. The standard InChI is InChI=1S/C11H9Cl2FN4O/c1-18(4-10-15-5-16-17-10)11(19)6-2-9(14)8(13)3-7(6)12/h2-3,5H,4H2,1H3,(H,15,16,17). The Labute approximate surface area is 118 Å². The van der Waals surface area contributed by atoms with E-state index in [0.29, 0.717) is 5.82 Å². The lowest BCUT2D eigenvalue weighted by Crippen LogP contribution is -2.27. The molecule has 2 aromatic rings. The molecule has 0 unspecified atom stereocenters. The lowest BCUT2D eigenvalue weighted by atomic mass is 10.2. The van der Waals surface area contributed by atoms with Crippen LogP contribution >= 0.6 is 23.2 Å². The zero-order chi connectivity index (χ0) is 14.0. The fraction of sp³-hybridized carbons (Fsp3) is 0.182. The molecule has 1 heterocycles. The summed E-state index contributed by atoms with van der Waals surface area (Å²) in [6, 6.07) is 2.22. The molecule has 0 aliphatic carbocycles. The summed E-state index contributed by atoms with van der Waals surface area (Å²) in [5.41, 5.74) is 0.0468. The van der Waals surface area contributed by atoms with Crippen LogP contribution in [0.25, 0.3) is 0 Å². The van der Waals surface area contributed by atoms with Crippen LogP contribution in [0.3, 0.4) is 0 Å². The second-order valence-corrected chi connectivity index (χ2v) is 4.65. The van der Waals surface area contributed by atoms with E-state index in [0.717, 1.165) is 6.07 Å². The Morgan fingerprint density at radius 3 is 2.79 bits per heavy atom. The largest absolute Gasteiger partial charge is 0.334 e. The molecule has 0 saturated heterocycles. The summed E-state index contributed by atoms with van der Waals surface area (Å²) in [7, 11) is 1.55. The number of hydrogen-bond donors (Lipinski definition) is 1. The maximum absolute atomic E-state index is 13.4. The molecule has 100 valence electrons. The van der Waals surface area contributed by atoms with Gasteiger partial charge in [0.1, 0.15) is 18.0 Å². The van der Waals surface area contributed by atoms with E-state index in [1.165, 1.54) is 17.3 Å². The van der Waals surface area contributed by atoms with E-state index in [9.17, 15) is 9.18 Å². The van der Waals surface area contributed by atoms with Crippen LogP contribution in [0, 0.1) is 5.82 Å². The number of hydrogen-bond acceptors (Lipinski definition) is 3. The lowest BCUT2D eigenvalue weighted by Gasteiger charge is -2.16. The number of H-pyrrole nitrogens is 1. The van der Waals surface area contributed by atoms with Crippen LogP contribution in [0.2, 0.25) is 10.0 Å². The summed E-state index contributed by atoms with van der Waals surface area (Å²) < 4.78 is 13.4. The molecule has 0 fully saturated rings. The molecule has 2 rings (SSSR count). The van der Waals surface area contributed by atoms with Crippen LogP contribution in [0.4, 0.5) is 4.39 Å². The fourth-order valence-corrected chi connectivity index (χ4v) is 1.96. The summed E-state index contributed by atoms with van der Waals surface area (Å²) in [5, 5.41) is 6.27. The summed E-state index contributed by atoms with van der Waals surface area (Å²) in [5.74, 6) is -0.610. The number of halogens is 3. The maximum Gasteiger partial charge on any atom is 0.255 e. The molecule has 19 heavy (non-hydrogen) atoms. The lowest BCUT2D eigenvalue weighted by molar-refractivity contribution is 0.0781. The molecule has 1 N–H and O–H groups in total. The molecule has 0 saturated carbocycles. The van der Waals surface area contributed by atoms with Crippen LogP contribution in [-0.2, 0) is 6.54 Å². The molecule has 1 aromatic carbocycles. The molecule has 0 atom stereocenters. The normalized spacial score (nSPS) is 10.5. The third kappa shape index (κ3) is 3.02. The second-order valence-electron chi connectivity index (χ2n) is 3.84. The quantitative estimate of drug-likeness (QED) is 0.886. The van der Waals surface area contributed by atoms with Crippen LogP contribution in [0.15, 0.2) is 18.5 Å². The maximum atomic E-state index is 13.4. The second kappa shape index (κ2) is 5.54. The third-order valence-corrected chi connectivity index (χ3v) is 3.04. The SMILES string of the molecule is CN(Cc1ncn[nH]1)C(=O)c1cc(F)c(Cl)cc1Cl. The molecular formula is C11H9Cl2FN4O. The highest BCUT2D eigenvalue weighted by Crippen LogP contribution is 2.25. The molecule has 0 spiro atoms. The number of rotatable bonds is 3. The van der Waals surface area contributed by atoms with Gasteiger partial charge in [-0.2, -0.15) is 5.10 Å². The number of aromatic amines is 1. The van der Waals surface area contributed by atoms with Gasteiger partial charge < -0.3 is 4.90 Å². The van der Waals surface area contributed by atoms with Crippen LogP contribution < -0.4 is 0 Å². The highest BCUT2D eigenvalue weighted by molar-refractivity contribution is 6.36. The van der Waals surface area contributed by atoms with E-state index in [1.807, 2.05) is 0 Å². The third-order valence-electron chi connectivity index (χ3n) is 2.44. The Balaban J connectivity index is 2.21. The van der Waals surface area contributed by atoms with Gasteiger partial charge in [-0.1, -0.05) is 23.2 Å². The first kappa shape index (κ1) is 13.8. The van der Waals surface area contributed by atoms with Crippen LogP contribution in [0.1, 0.15) is 16.2 Å². The number of benzene rings is 1. The van der Waals surface area contributed by atoms with E-state index in [1.54, 1.807) is 7.05 Å². The summed E-state index contributed by atoms with van der Waals surface area (Å²) in [6.07, 6.45) is 1.34. The van der Waals surface area contributed by atoms with Gasteiger partial charge in [0, 0.05) is 7.05 Å². The first-order chi connectivity index (χ1) is 8.99. The molecule has 1 amide bonds. The van der Waals surface area contributed by atoms with Crippen molar-refractivity contribution in [2.24, 2.45) is 0 Å². The zero-order valence-electron chi connectivity index (χ0n) is 9.82. The number of nitrogens with one attached hydrogen (secondary N) is 1. The summed E-state index contributed by atoms with van der Waals surface area (Å²) in [6.45, 7) is 0.208. The minimum atomic E-state index is -0.692. The van der Waals surface area contributed by atoms with Crippen molar-refractivity contribution in [2.75, 3.05) is 7.05 Å². The molecular weight excluding hydrogens is 294 g/mol. The van der Waals surface area contributed by atoms with Gasteiger partial charge >= 0.3 is 0 Å². The van der Waals surface area contributed by atoms with Crippen molar-refractivity contribution < 1.29 is 9.18 Å². The monoisotopic (exact) mass is 302 g/mol. The smallest absolute Gasteiger partial charge is 0.255 e. The number of nitrogens with zero attached hydrogens (tertiary/aromatic N) is 3. The average molecular weight is 303 g/mol. The van der Waals surface area contributed by atoms with E-state index >= 15 is 0 Å². The van der Waals surface area contributed by atoms with Gasteiger partial charge in [-0.25, -0.2) is 9.37 Å². The number of aromatic nitrogens is 3. The van der Waals surface area contributed by atoms with Gasteiger partial charge in [0.05, 0.1) is 22.2 Å². The predicted molar refractivity (Wildman–Crippen MR) is 68.6 cm³/mol. The Morgan fingerprint density at radius 1 is 1.42 bits per heavy atom. The number of amides is 1. The zero-order valence-corrected chi connectivity index (χ0v) is 11.3. The minimum Gasteiger partial charge on any atom is -0.334 e. The van der Waals surface area contributed by atoms with Gasteiger partial charge in [-0.15, -0.1) is 0 Å². The topological polar surface area (TPSA) is 61.9 Å².